The highest BCUT2D eigenvalue weighted by Gasteiger charge is 2.13. The summed E-state index contributed by atoms with van der Waals surface area (Å²) in [6, 6.07) is 14.1. The first kappa shape index (κ1) is 20.3. The molecule has 2 aromatic rings. The number of carbonyl (C=O) groups excluding carboxylic acids is 1. The van der Waals surface area contributed by atoms with Crippen molar-refractivity contribution >= 4 is 37.5 Å². The van der Waals surface area contributed by atoms with Gasteiger partial charge in [-0.15, -0.1) is 0 Å². The Bertz CT molecular complexity index is 869. The molecule has 0 radical (unpaired) electrons. The average Bonchev–Trinajstić information content (AvgIpc) is 2.59. The summed E-state index contributed by atoms with van der Waals surface area (Å²) in [5, 5.41) is 2.87. The van der Waals surface area contributed by atoms with Crippen molar-refractivity contribution < 1.29 is 17.9 Å². The van der Waals surface area contributed by atoms with E-state index >= 15 is 0 Å². The van der Waals surface area contributed by atoms with Gasteiger partial charge in [0.25, 0.3) is 5.91 Å². The fourth-order valence-electron chi connectivity index (χ4n) is 2.24. The Kier molecular flexibility index (Phi) is 6.66. The van der Waals surface area contributed by atoms with Gasteiger partial charge in [-0.3, -0.25) is 9.10 Å². The maximum Gasteiger partial charge on any atom is 0.258 e. The highest BCUT2D eigenvalue weighted by atomic mass is 79.9. The van der Waals surface area contributed by atoms with Crippen LogP contribution in [0.2, 0.25) is 0 Å². The number of nitrogens with zero attached hydrogens (tertiary/aromatic N) is 1. The van der Waals surface area contributed by atoms with Gasteiger partial charge < -0.3 is 10.1 Å². The summed E-state index contributed by atoms with van der Waals surface area (Å²) in [5.74, 6) is 0.246. The van der Waals surface area contributed by atoms with Gasteiger partial charge in [-0.2, -0.15) is 0 Å². The van der Waals surface area contributed by atoms with Crippen LogP contribution in [0.4, 0.5) is 5.69 Å². The van der Waals surface area contributed by atoms with E-state index in [1.165, 1.54) is 11.4 Å². The molecule has 1 atom stereocenters. The zero-order valence-electron chi connectivity index (χ0n) is 14.8. The minimum absolute atomic E-state index is 0.125. The Hall–Kier alpha value is -2.06. The van der Waals surface area contributed by atoms with Gasteiger partial charge in [0, 0.05) is 11.5 Å². The lowest BCUT2D eigenvalue weighted by molar-refractivity contribution is -0.123. The average molecular weight is 441 g/mol. The molecule has 140 valence electrons. The quantitative estimate of drug-likeness (QED) is 0.717. The third-order valence-electron chi connectivity index (χ3n) is 3.79. The molecule has 0 fully saturated rings. The van der Waals surface area contributed by atoms with Crippen molar-refractivity contribution in [3.63, 3.8) is 0 Å². The van der Waals surface area contributed by atoms with E-state index < -0.39 is 10.0 Å². The number of carbonyl (C=O) groups is 1. The molecule has 0 aliphatic rings. The molecular formula is C18H21BrN2O4S. The van der Waals surface area contributed by atoms with Crippen LogP contribution in [0.5, 0.6) is 5.75 Å². The zero-order valence-corrected chi connectivity index (χ0v) is 17.2. The van der Waals surface area contributed by atoms with E-state index in [2.05, 4.69) is 21.2 Å². The molecule has 6 nitrogen and oxygen atoms in total. The maximum absolute atomic E-state index is 12.1. The first-order valence-electron chi connectivity index (χ1n) is 7.88. The second-order valence-electron chi connectivity index (χ2n) is 5.86. The monoisotopic (exact) mass is 440 g/mol. The molecule has 26 heavy (non-hydrogen) atoms. The van der Waals surface area contributed by atoms with Crippen molar-refractivity contribution in [3.05, 3.63) is 58.6 Å². The Morgan fingerprint density at radius 3 is 2.46 bits per heavy atom. The molecular weight excluding hydrogens is 420 g/mol. The first-order valence-corrected chi connectivity index (χ1v) is 10.5. The van der Waals surface area contributed by atoms with Gasteiger partial charge >= 0.3 is 0 Å². The molecule has 0 aromatic heterocycles. The molecule has 0 unspecified atom stereocenters. The van der Waals surface area contributed by atoms with E-state index in [0.717, 1.165) is 16.3 Å². The summed E-state index contributed by atoms with van der Waals surface area (Å²) in [5.41, 5.74) is 1.51. The summed E-state index contributed by atoms with van der Waals surface area (Å²) >= 11 is 3.41. The number of amides is 1. The number of sulfonamides is 1. The van der Waals surface area contributed by atoms with Gasteiger partial charge in [0.2, 0.25) is 10.0 Å². The second-order valence-corrected chi connectivity index (χ2v) is 8.79. The number of anilines is 1. The lowest BCUT2D eigenvalue weighted by Crippen LogP contribution is -2.31. The van der Waals surface area contributed by atoms with E-state index in [0.29, 0.717) is 11.4 Å². The summed E-state index contributed by atoms with van der Waals surface area (Å²) in [7, 11) is -1.84. The zero-order chi connectivity index (χ0) is 19.3. The Morgan fingerprint density at radius 2 is 1.88 bits per heavy atom. The predicted molar refractivity (Wildman–Crippen MR) is 106 cm³/mol. The minimum atomic E-state index is -3.31. The summed E-state index contributed by atoms with van der Waals surface area (Å²) < 4.78 is 30.6. The van der Waals surface area contributed by atoms with Gasteiger partial charge in [-0.25, -0.2) is 8.42 Å². The standard InChI is InChI=1S/C18H21BrN2O4S/c1-13(14-5-4-6-15(19)11-14)20-18(22)12-25-17-9-7-16(8-10-17)21(2)26(3,23)24/h4-11,13H,12H2,1-3H3,(H,20,22)/t13-/m0/s1. The topological polar surface area (TPSA) is 75.7 Å². The normalized spacial score (nSPS) is 12.3. The number of ether oxygens (including phenoxy) is 1. The second kappa shape index (κ2) is 8.55. The maximum atomic E-state index is 12.1. The SMILES string of the molecule is C[C@H](NC(=O)COc1ccc(N(C)S(C)(=O)=O)cc1)c1cccc(Br)c1. The van der Waals surface area contributed by atoms with Crippen molar-refractivity contribution in [3.8, 4) is 5.75 Å². The van der Waals surface area contributed by atoms with Gasteiger partial charge in [0.15, 0.2) is 6.61 Å². The molecule has 0 aliphatic heterocycles. The summed E-state index contributed by atoms with van der Waals surface area (Å²) in [6.45, 7) is 1.77. The van der Waals surface area contributed by atoms with Crippen LogP contribution in [-0.2, 0) is 14.8 Å². The van der Waals surface area contributed by atoms with E-state index in [9.17, 15) is 13.2 Å². The number of hydrogen-bond acceptors (Lipinski definition) is 4. The van der Waals surface area contributed by atoms with Crippen LogP contribution in [0.15, 0.2) is 53.0 Å². The molecule has 0 spiro atoms. The van der Waals surface area contributed by atoms with Gasteiger partial charge in [0.05, 0.1) is 18.0 Å². The summed E-state index contributed by atoms with van der Waals surface area (Å²) in [4.78, 5) is 12.1. The van der Waals surface area contributed by atoms with Crippen molar-refractivity contribution in [2.45, 2.75) is 13.0 Å². The van der Waals surface area contributed by atoms with E-state index in [4.69, 9.17) is 4.74 Å². The van der Waals surface area contributed by atoms with Crippen LogP contribution in [0.1, 0.15) is 18.5 Å². The molecule has 0 saturated carbocycles. The lowest BCUT2D eigenvalue weighted by Gasteiger charge is -2.17. The van der Waals surface area contributed by atoms with Crippen LogP contribution < -0.4 is 14.4 Å². The van der Waals surface area contributed by atoms with Gasteiger partial charge in [-0.1, -0.05) is 28.1 Å². The number of hydrogen-bond donors (Lipinski definition) is 1. The predicted octanol–water partition coefficient (Wildman–Crippen LogP) is 3.10. The first-order chi connectivity index (χ1) is 12.2. The molecule has 1 amide bonds. The van der Waals surface area contributed by atoms with Crippen LogP contribution in [0, 0.1) is 0 Å². The molecule has 2 aromatic carbocycles. The number of rotatable bonds is 7. The highest BCUT2D eigenvalue weighted by Crippen LogP contribution is 2.20. The van der Waals surface area contributed by atoms with Crippen LogP contribution >= 0.6 is 15.9 Å². The van der Waals surface area contributed by atoms with E-state index in [1.807, 2.05) is 31.2 Å². The Balaban J connectivity index is 1.89. The smallest absolute Gasteiger partial charge is 0.258 e. The summed E-state index contributed by atoms with van der Waals surface area (Å²) in [6.07, 6.45) is 1.13. The highest BCUT2D eigenvalue weighted by molar-refractivity contribution is 9.10. The van der Waals surface area contributed by atoms with E-state index in [-0.39, 0.29) is 18.6 Å². The molecule has 0 saturated heterocycles. The fourth-order valence-corrected chi connectivity index (χ4v) is 3.16. The van der Waals surface area contributed by atoms with Crippen molar-refractivity contribution in [1.29, 1.82) is 0 Å². The molecule has 2 rings (SSSR count). The van der Waals surface area contributed by atoms with Crippen molar-refractivity contribution in [2.24, 2.45) is 0 Å². The molecule has 0 bridgehead atoms. The number of halogens is 1. The molecule has 1 N–H and O–H groups in total. The van der Waals surface area contributed by atoms with Crippen LogP contribution in [-0.4, -0.2) is 34.2 Å². The van der Waals surface area contributed by atoms with Gasteiger partial charge in [-0.05, 0) is 48.9 Å². The Labute approximate surface area is 162 Å². The third-order valence-corrected chi connectivity index (χ3v) is 5.49. The Morgan fingerprint density at radius 1 is 1.23 bits per heavy atom. The number of benzene rings is 2. The fraction of sp³-hybridized carbons (Fsp3) is 0.278. The third kappa shape index (κ3) is 5.74. The van der Waals surface area contributed by atoms with Crippen molar-refractivity contribution in [2.75, 3.05) is 24.2 Å². The number of nitrogens with one attached hydrogen (secondary N) is 1. The molecule has 0 heterocycles. The van der Waals surface area contributed by atoms with E-state index in [1.54, 1.807) is 24.3 Å². The van der Waals surface area contributed by atoms with Crippen LogP contribution in [0.25, 0.3) is 0 Å². The van der Waals surface area contributed by atoms with Gasteiger partial charge in [0.1, 0.15) is 5.75 Å². The lowest BCUT2D eigenvalue weighted by atomic mass is 10.1. The largest absolute Gasteiger partial charge is 0.484 e. The van der Waals surface area contributed by atoms with Crippen LogP contribution in [0.3, 0.4) is 0 Å². The van der Waals surface area contributed by atoms with Crippen molar-refractivity contribution in [1.82, 2.24) is 5.32 Å². The minimum Gasteiger partial charge on any atom is -0.484 e. The molecule has 0 aliphatic carbocycles. The molecule has 8 heteroatoms.